The van der Waals surface area contributed by atoms with Crippen molar-refractivity contribution in [2.75, 3.05) is 0 Å². The summed E-state index contributed by atoms with van der Waals surface area (Å²) in [5.74, 6) is 0.0593. The van der Waals surface area contributed by atoms with Gasteiger partial charge in [-0.2, -0.15) is 0 Å². The highest BCUT2D eigenvalue weighted by atomic mass is 16.4. The van der Waals surface area contributed by atoms with Crippen molar-refractivity contribution < 1.29 is 14.7 Å². The van der Waals surface area contributed by atoms with E-state index in [2.05, 4.69) is 13.8 Å². The zero-order valence-electron chi connectivity index (χ0n) is 9.67. The summed E-state index contributed by atoms with van der Waals surface area (Å²) in [5.41, 5.74) is 0. The second kappa shape index (κ2) is 10.2. The van der Waals surface area contributed by atoms with Crippen molar-refractivity contribution in [3.63, 3.8) is 0 Å². The predicted molar refractivity (Wildman–Crippen MR) is 57.3 cm³/mol. The van der Waals surface area contributed by atoms with Gasteiger partial charge in [-0.15, -0.1) is 0 Å². The van der Waals surface area contributed by atoms with Crippen LogP contribution in [0.2, 0.25) is 0 Å². The van der Waals surface area contributed by atoms with Gasteiger partial charge in [0.2, 0.25) is 0 Å². The average Bonchev–Trinajstić information content (AvgIpc) is 2.00. The molecule has 3 heteroatoms. The second-order valence-corrected chi connectivity index (χ2v) is 3.73. The number of carbonyl (C=O) groups excluding carboxylic acids is 1. The lowest BCUT2D eigenvalue weighted by Crippen LogP contribution is -2.00. The maximum Gasteiger partial charge on any atom is 0.303 e. The number of carboxylic acid groups (broad SMARTS) is 1. The summed E-state index contributed by atoms with van der Waals surface area (Å²) in [6.45, 7) is 7.28. The van der Waals surface area contributed by atoms with E-state index >= 15 is 0 Å². The minimum atomic E-state index is -0.678. The summed E-state index contributed by atoms with van der Waals surface area (Å²) in [4.78, 5) is 19.6. The van der Waals surface area contributed by atoms with E-state index in [1.807, 2.05) is 0 Å². The molecular formula is C11H22O3. The van der Waals surface area contributed by atoms with Gasteiger partial charge in [0.1, 0.15) is 5.78 Å². The molecule has 1 N–H and O–H groups in total. The molecule has 0 radical (unpaired) electrons. The van der Waals surface area contributed by atoms with Crippen LogP contribution < -0.4 is 0 Å². The zero-order valence-corrected chi connectivity index (χ0v) is 9.67. The number of rotatable bonds is 5. The van der Waals surface area contributed by atoms with Crippen LogP contribution in [-0.4, -0.2) is 16.9 Å². The molecule has 0 saturated carbocycles. The Bertz CT molecular complexity index is 160. The Hall–Kier alpha value is -0.860. The van der Waals surface area contributed by atoms with Crippen LogP contribution in [0.15, 0.2) is 0 Å². The Balaban J connectivity index is 0. The molecule has 1 atom stereocenters. The van der Waals surface area contributed by atoms with E-state index < -0.39 is 5.97 Å². The fourth-order valence-electron chi connectivity index (χ4n) is 1.01. The van der Waals surface area contributed by atoms with Crippen LogP contribution in [-0.2, 0) is 9.59 Å². The molecular weight excluding hydrogens is 180 g/mol. The molecule has 0 saturated heterocycles. The number of Topliss-reactive ketones (excluding diaryl/α,β-unsaturated/α-hetero) is 1. The average molecular weight is 202 g/mol. The maximum absolute atomic E-state index is 10.1. The van der Waals surface area contributed by atoms with E-state index in [0.29, 0.717) is 12.3 Å². The first-order valence-electron chi connectivity index (χ1n) is 5.09. The lowest BCUT2D eigenvalue weighted by atomic mass is 10.0. The molecule has 0 aromatic rings. The van der Waals surface area contributed by atoms with E-state index in [1.54, 1.807) is 0 Å². The number of ketones is 1. The third-order valence-corrected chi connectivity index (χ3v) is 1.63. The first kappa shape index (κ1) is 15.6. The van der Waals surface area contributed by atoms with Crippen molar-refractivity contribution >= 4 is 11.8 Å². The van der Waals surface area contributed by atoms with Crippen LogP contribution in [0.5, 0.6) is 0 Å². The predicted octanol–water partition coefficient (Wildman–Crippen LogP) is 2.88. The summed E-state index contributed by atoms with van der Waals surface area (Å²) in [7, 11) is 0. The maximum atomic E-state index is 10.1. The summed E-state index contributed by atoms with van der Waals surface area (Å²) in [5, 5.41) is 8.33. The molecule has 0 fully saturated rings. The van der Waals surface area contributed by atoms with Gasteiger partial charge in [-0.25, -0.2) is 0 Å². The Labute approximate surface area is 86.5 Å². The van der Waals surface area contributed by atoms with Gasteiger partial charge in [-0.05, 0) is 26.2 Å². The van der Waals surface area contributed by atoms with Gasteiger partial charge in [0, 0.05) is 6.42 Å². The Kier molecular flexibility index (Phi) is 11.4. The largest absolute Gasteiger partial charge is 0.481 e. The Morgan fingerprint density at radius 2 is 1.64 bits per heavy atom. The molecule has 0 rings (SSSR count). The van der Waals surface area contributed by atoms with Crippen molar-refractivity contribution in [1.29, 1.82) is 0 Å². The fourth-order valence-corrected chi connectivity index (χ4v) is 1.01. The molecule has 0 unspecified atom stereocenters. The number of aliphatic carboxylic acids is 1. The fraction of sp³-hybridized carbons (Fsp3) is 0.818. The standard InChI is InChI=1S/C8H16O2.C3H6O/c1-3-4-7(2)5-6-8(9)10;1-3(2)4/h7H,3-6H2,1-2H3,(H,9,10);1-2H3/t7-;/m1./s1. The molecule has 3 nitrogen and oxygen atoms in total. The lowest BCUT2D eigenvalue weighted by Gasteiger charge is -2.06. The lowest BCUT2D eigenvalue weighted by molar-refractivity contribution is -0.137. The molecule has 0 amide bonds. The third kappa shape index (κ3) is 22.5. The van der Waals surface area contributed by atoms with Crippen LogP contribution >= 0.6 is 0 Å². The van der Waals surface area contributed by atoms with E-state index in [-0.39, 0.29) is 5.78 Å². The van der Waals surface area contributed by atoms with E-state index in [4.69, 9.17) is 5.11 Å². The monoisotopic (exact) mass is 202 g/mol. The van der Waals surface area contributed by atoms with Crippen molar-refractivity contribution in [2.45, 2.75) is 53.4 Å². The van der Waals surface area contributed by atoms with E-state index in [0.717, 1.165) is 19.3 Å². The molecule has 0 heterocycles. The first-order valence-corrected chi connectivity index (χ1v) is 5.09. The SMILES string of the molecule is CC(C)=O.CCC[C@@H](C)CCC(=O)O. The number of hydrogen-bond donors (Lipinski definition) is 1. The normalized spacial score (nSPS) is 11.1. The van der Waals surface area contributed by atoms with Crippen LogP contribution in [0.4, 0.5) is 0 Å². The van der Waals surface area contributed by atoms with Crippen LogP contribution in [0.1, 0.15) is 53.4 Å². The third-order valence-electron chi connectivity index (χ3n) is 1.63. The van der Waals surface area contributed by atoms with Crippen LogP contribution in [0, 0.1) is 5.92 Å². The topological polar surface area (TPSA) is 54.4 Å². The van der Waals surface area contributed by atoms with Gasteiger partial charge in [-0.1, -0.05) is 26.7 Å². The Morgan fingerprint density at radius 1 is 1.21 bits per heavy atom. The number of carbonyl (C=O) groups is 2. The second-order valence-electron chi connectivity index (χ2n) is 3.73. The quantitative estimate of drug-likeness (QED) is 0.745. The van der Waals surface area contributed by atoms with Crippen molar-refractivity contribution in [1.82, 2.24) is 0 Å². The van der Waals surface area contributed by atoms with Gasteiger partial charge in [0.25, 0.3) is 0 Å². The molecule has 0 aliphatic carbocycles. The highest BCUT2D eigenvalue weighted by molar-refractivity contribution is 5.72. The molecule has 14 heavy (non-hydrogen) atoms. The highest BCUT2D eigenvalue weighted by Gasteiger charge is 2.03. The minimum Gasteiger partial charge on any atom is -0.481 e. The number of hydrogen-bond acceptors (Lipinski definition) is 2. The van der Waals surface area contributed by atoms with Gasteiger partial charge in [-0.3, -0.25) is 4.79 Å². The summed E-state index contributed by atoms with van der Waals surface area (Å²) in [6.07, 6.45) is 3.44. The van der Waals surface area contributed by atoms with Gasteiger partial charge < -0.3 is 9.90 Å². The molecule has 0 aliphatic heterocycles. The molecule has 0 bridgehead atoms. The van der Waals surface area contributed by atoms with Gasteiger partial charge in [0.15, 0.2) is 0 Å². The molecule has 84 valence electrons. The summed E-state index contributed by atoms with van der Waals surface area (Å²) >= 11 is 0. The minimum absolute atomic E-state index is 0.167. The molecule has 0 aromatic heterocycles. The summed E-state index contributed by atoms with van der Waals surface area (Å²) in [6, 6.07) is 0. The van der Waals surface area contributed by atoms with Crippen LogP contribution in [0.3, 0.4) is 0 Å². The van der Waals surface area contributed by atoms with Crippen molar-refractivity contribution in [3.8, 4) is 0 Å². The first-order chi connectivity index (χ1) is 6.40. The van der Waals surface area contributed by atoms with E-state index in [9.17, 15) is 9.59 Å². The molecule has 0 aromatic carbocycles. The van der Waals surface area contributed by atoms with E-state index in [1.165, 1.54) is 13.8 Å². The smallest absolute Gasteiger partial charge is 0.303 e. The highest BCUT2D eigenvalue weighted by Crippen LogP contribution is 2.11. The van der Waals surface area contributed by atoms with Crippen molar-refractivity contribution in [3.05, 3.63) is 0 Å². The zero-order chi connectivity index (χ0) is 11.6. The number of carboxylic acids is 1. The van der Waals surface area contributed by atoms with Crippen molar-refractivity contribution in [2.24, 2.45) is 5.92 Å². The molecule has 0 aliphatic rings. The molecule has 0 spiro atoms. The van der Waals surface area contributed by atoms with Gasteiger partial charge >= 0.3 is 5.97 Å². The Morgan fingerprint density at radius 3 is 1.93 bits per heavy atom. The summed E-state index contributed by atoms with van der Waals surface area (Å²) < 4.78 is 0. The van der Waals surface area contributed by atoms with Gasteiger partial charge in [0.05, 0.1) is 0 Å². The van der Waals surface area contributed by atoms with Crippen LogP contribution in [0.25, 0.3) is 0 Å².